The maximum absolute atomic E-state index is 9.00. The van der Waals surface area contributed by atoms with E-state index < -0.39 is 0 Å². The third-order valence-corrected chi connectivity index (χ3v) is 3.80. The highest BCUT2D eigenvalue weighted by Crippen LogP contribution is 2.25. The third kappa shape index (κ3) is 2.92. The van der Waals surface area contributed by atoms with Crippen molar-refractivity contribution in [2.75, 3.05) is 19.7 Å². The summed E-state index contributed by atoms with van der Waals surface area (Å²) in [7, 11) is 0. The molecule has 2 atom stereocenters. The Morgan fingerprint density at radius 2 is 2.00 bits per heavy atom. The van der Waals surface area contributed by atoms with Gasteiger partial charge in [0.1, 0.15) is 0 Å². The van der Waals surface area contributed by atoms with E-state index in [-0.39, 0.29) is 0 Å². The van der Waals surface area contributed by atoms with E-state index in [0.717, 1.165) is 19.0 Å². The summed E-state index contributed by atoms with van der Waals surface area (Å²) in [5.41, 5.74) is 0. The Labute approximate surface area is 92.8 Å². The van der Waals surface area contributed by atoms with Crippen molar-refractivity contribution in [1.82, 2.24) is 10.2 Å². The van der Waals surface area contributed by atoms with Gasteiger partial charge in [-0.15, -0.1) is 0 Å². The number of hydrogen-bond donors (Lipinski definition) is 2. The van der Waals surface area contributed by atoms with Gasteiger partial charge in [0.2, 0.25) is 0 Å². The molecular weight excluding hydrogens is 188 g/mol. The highest BCUT2D eigenvalue weighted by molar-refractivity contribution is 4.88. The Balaban J connectivity index is 1.87. The number of rotatable bonds is 3. The summed E-state index contributed by atoms with van der Waals surface area (Å²) in [6, 6.07) is 1.91. The fraction of sp³-hybridized carbons (Fsp3) is 1.00. The summed E-state index contributed by atoms with van der Waals surface area (Å²) in [6.45, 7) is 4.89. The fourth-order valence-electron chi connectivity index (χ4n) is 3.12. The lowest BCUT2D eigenvalue weighted by Crippen LogP contribution is -2.57. The van der Waals surface area contributed by atoms with Crippen LogP contribution in [0.15, 0.2) is 0 Å². The molecule has 0 spiro atoms. The first-order valence-electron chi connectivity index (χ1n) is 6.40. The maximum atomic E-state index is 9.00. The Morgan fingerprint density at radius 3 is 2.67 bits per heavy atom. The van der Waals surface area contributed by atoms with Crippen LogP contribution in [0.1, 0.15) is 39.0 Å². The van der Waals surface area contributed by atoms with Crippen molar-refractivity contribution in [2.24, 2.45) is 0 Å². The van der Waals surface area contributed by atoms with Gasteiger partial charge in [0.25, 0.3) is 0 Å². The first-order valence-corrected chi connectivity index (χ1v) is 6.40. The SMILES string of the molecule is CC1CN(C2CCCC2)CC(CCO)N1. The molecule has 88 valence electrons. The summed E-state index contributed by atoms with van der Waals surface area (Å²) >= 11 is 0. The second-order valence-corrected chi connectivity index (χ2v) is 5.17. The Kier molecular flexibility index (Phi) is 4.00. The largest absolute Gasteiger partial charge is 0.396 e. The summed E-state index contributed by atoms with van der Waals surface area (Å²) in [5, 5.41) is 12.6. The van der Waals surface area contributed by atoms with Gasteiger partial charge < -0.3 is 10.4 Å². The molecule has 0 aromatic rings. The average Bonchev–Trinajstić information content (AvgIpc) is 2.70. The van der Waals surface area contributed by atoms with Crippen molar-refractivity contribution in [2.45, 2.75) is 57.2 Å². The number of aliphatic hydroxyl groups is 1. The van der Waals surface area contributed by atoms with Crippen LogP contribution in [0.25, 0.3) is 0 Å². The number of nitrogens with zero attached hydrogens (tertiary/aromatic N) is 1. The minimum absolute atomic E-state index is 0.308. The zero-order valence-electron chi connectivity index (χ0n) is 9.78. The molecule has 1 saturated heterocycles. The van der Waals surface area contributed by atoms with Gasteiger partial charge >= 0.3 is 0 Å². The highest BCUT2D eigenvalue weighted by atomic mass is 16.3. The summed E-state index contributed by atoms with van der Waals surface area (Å²) in [6.07, 6.45) is 6.49. The Bertz CT molecular complexity index is 192. The molecular formula is C12H24N2O. The quantitative estimate of drug-likeness (QED) is 0.732. The van der Waals surface area contributed by atoms with Crippen LogP contribution in [-0.4, -0.2) is 47.8 Å². The van der Waals surface area contributed by atoms with E-state index in [4.69, 9.17) is 5.11 Å². The first kappa shape index (κ1) is 11.4. The monoisotopic (exact) mass is 212 g/mol. The standard InChI is InChI=1S/C12H24N2O/c1-10-8-14(12-4-2-3-5-12)9-11(13-10)6-7-15/h10-13,15H,2-9H2,1H3. The molecule has 0 aromatic heterocycles. The van der Waals surface area contributed by atoms with Crippen LogP contribution in [0.3, 0.4) is 0 Å². The first-order chi connectivity index (χ1) is 7.29. The molecule has 1 aliphatic heterocycles. The molecule has 0 radical (unpaired) electrons. The molecule has 1 heterocycles. The van der Waals surface area contributed by atoms with E-state index in [2.05, 4.69) is 17.1 Å². The van der Waals surface area contributed by atoms with Crippen molar-refractivity contribution < 1.29 is 5.11 Å². The molecule has 0 bridgehead atoms. The molecule has 0 amide bonds. The van der Waals surface area contributed by atoms with Gasteiger partial charge in [-0.05, 0) is 26.2 Å². The molecule has 0 aromatic carbocycles. The van der Waals surface area contributed by atoms with Crippen LogP contribution in [-0.2, 0) is 0 Å². The lowest BCUT2D eigenvalue weighted by Gasteiger charge is -2.40. The van der Waals surface area contributed by atoms with Crippen molar-refractivity contribution >= 4 is 0 Å². The number of hydrogen-bond acceptors (Lipinski definition) is 3. The predicted octanol–water partition coefficient (Wildman–Crippen LogP) is 0.974. The van der Waals surface area contributed by atoms with Crippen molar-refractivity contribution in [3.8, 4) is 0 Å². The molecule has 2 unspecified atom stereocenters. The molecule has 1 aliphatic carbocycles. The lowest BCUT2D eigenvalue weighted by atomic mass is 10.0. The van der Waals surface area contributed by atoms with Gasteiger partial charge in [0.05, 0.1) is 0 Å². The van der Waals surface area contributed by atoms with Gasteiger partial charge in [-0.3, -0.25) is 4.90 Å². The van der Waals surface area contributed by atoms with Gasteiger partial charge in [-0.1, -0.05) is 12.8 Å². The van der Waals surface area contributed by atoms with E-state index >= 15 is 0 Å². The topological polar surface area (TPSA) is 35.5 Å². The van der Waals surface area contributed by atoms with E-state index in [1.54, 1.807) is 0 Å². The van der Waals surface area contributed by atoms with Crippen LogP contribution >= 0.6 is 0 Å². The zero-order valence-corrected chi connectivity index (χ0v) is 9.78. The van der Waals surface area contributed by atoms with Crippen molar-refractivity contribution in [3.05, 3.63) is 0 Å². The number of piperazine rings is 1. The Hall–Kier alpha value is -0.120. The maximum Gasteiger partial charge on any atom is 0.0446 e. The highest BCUT2D eigenvalue weighted by Gasteiger charge is 2.29. The van der Waals surface area contributed by atoms with Gasteiger partial charge in [-0.25, -0.2) is 0 Å². The number of aliphatic hydroxyl groups excluding tert-OH is 1. The summed E-state index contributed by atoms with van der Waals surface area (Å²) in [5.74, 6) is 0. The van der Waals surface area contributed by atoms with Crippen LogP contribution < -0.4 is 5.32 Å². The van der Waals surface area contributed by atoms with E-state index in [1.165, 1.54) is 32.2 Å². The molecule has 3 heteroatoms. The van der Waals surface area contributed by atoms with Gasteiger partial charge in [-0.2, -0.15) is 0 Å². The van der Waals surface area contributed by atoms with E-state index in [1.807, 2.05) is 0 Å². The smallest absolute Gasteiger partial charge is 0.0446 e. The minimum atomic E-state index is 0.308. The summed E-state index contributed by atoms with van der Waals surface area (Å²) < 4.78 is 0. The van der Waals surface area contributed by atoms with Crippen LogP contribution in [0.2, 0.25) is 0 Å². The minimum Gasteiger partial charge on any atom is -0.396 e. The van der Waals surface area contributed by atoms with Crippen LogP contribution in [0.4, 0.5) is 0 Å². The van der Waals surface area contributed by atoms with E-state index in [9.17, 15) is 0 Å². The zero-order chi connectivity index (χ0) is 10.7. The van der Waals surface area contributed by atoms with Crippen molar-refractivity contribution in [3.63, 3.8) is 0 Å². The normalized spacial score (nSPS) is 34.8. The molecule has 1 saturated carbocycles. The second kappa shape index (κ2) is 5.28. The molecule has 15 heavy (non-hydrogen) atoms. The third-order valence-electron chi connectivity index (χ3n) is 3.80. The molecule has 2 fully saturated rings. The molecule has 2 aliphatic rings. The molecule has 2 N–H and O–H groups in total. The van der Waals surface area contributed by atoms with Gasteiger partial charge in [0.15, 0.2) is 0 Å². The molecule has 3 nitrogen and oxygen atoms in total. The van der Waals surface area contributed by atoms with Crippen LogP contribution in [0.5, 0.6) is 0 Å². The second-order valence-electron chi connectivity index (χ2n) is 5.17. The summed E-state index contributed by atoms with van der Waals surface area (Å²) in [4.78, 5) is 2.65. The fourth-order valence-corrected chi connectivity index (χ4v) is 3.12. The number of nitrogens with one attached hydrogen (secondary N) is 1. The van der Waals surface area contributed by atoms with Crippen LogP contribution in [0, 0.1) is 0 Å². The Morgan fingerprint density at radius 1 is 1.27 bits per heavy atom. The van der Waals surface area contributed by atoms with E-state index in [0.29, 0.717) is 18.7 Å². The molecule has 2 rings (SSSR count). The van der Waals surface area contributed by atoms with Crippen molar-refractivity contribution in [1.29, 1.82) is 0 Å². The lowest BCUT2D eigenvalue weighted by molar-refractivity contribution is 0.107. The predicted molar refractivity (Wildman–Crippen MR) is 61.9 cm³/mol. The average molecular weight is 212 g/mol. The van der Waals surface area contributed by atoms with Gasteiger partial charge in [0, 0.05) is 37.8 Å².